The largest absolute Gasteiger partial charge is 3.00 e. The van der Waals surface area contributed by atoms with E-state index in [0.717, 1.165) is 0 Å². The van der Waals surface area contributed by atoms with Crippen molar-refractivity contribution in [2.24, 2.45) is 0 Å². The standard InChI is InChI=1S/ClH.K.H3O4P.Y/c;;1-5(2,3)4;/h1H;;(H3,1,2,3,4);/q;+1;;+3/p-4. The van der Waals surface area contributed by atoms with E-state index in [1.54, 1.807) is 0 Å². The number of halogens is 1. The zero-order chi connectivity index (χ0) is 4.50. The van der Waals surface area contributed by atoms with Gasteiger partial charge in [0.1, 0.15) is 0 Å². The summed E-state index contributed by atoms with van der Waals surface area (Å²) in [6.45, 7) is 0. The van der Waals surface area contributed by atoms with Crippen LogP contribution >= 0.6 is 7.82 Å². The van der Waals surface area contributed by atoms with E-state index in [2.05, 4.69) is 0 Å². The number of hydrogen-bond acceptors (Lipinski definition) is 4. The Hall–Kier alpha value is 3.14. The third-order valence-corrected chi connectivity index (χ3v) is 0. The van der Waals surface area contributed by atoms with Gasteiger partial charge < -0.3 is 31.7 Å². The van der Waals surface area contributed by atoms with Gasteiger partial charge in [0.25, 0.3) is 0 Å². The van der Waals surface area contributed by atoms with Crippen LogP contribution in [0.2, 0.25) is 0 Å². The predicted octanol–water partition coefficient (Wildman–Crippen LogP) is -8.82. The second-order valence-electron chi connectivity index (χ2n) is 0.447. The third-order valence-electron chi connectivity index (χ3n) is 0. The number of hydrogen-bond donors (Lipinski definition) is 0. The van der Waals surface area contributed by atoms with Gasteiger partial charge in [-0.05, 0) is 0 Å². The van der Waals surface area contributed by atoms with Crippen molar-refractivity contribution in [3.05, 3.63) is 0 Å². The molecule has 0 N–H and O–H groups in total. The molecule has 0 unspecified atom stereocenters. The molecule has 0 heterocycles. The molecule has 0 saturated heterocycles. The Morgan fingerprint density at radius 2 is 1.12 bits per heavy atom. The van der Waals surface area contributed by atoms with E-state index in [-0.39, 0.29) is 96.5 Å². The van der Waals surface area contributed by atoms with E-state index in [0.29, 0.717) is 0 Å². The van der Waals surface area contributed by atoms with Gasteiger partial charge in [-0.3, -0.25) is 0 Å². The first kappa shape index (κ1) is 22.5. The molecule has 4 nitrogen and oxygen atoms in total. The Morgan fingerprint density at radius 3 is 1.12 bits per heavy atom. The van der Waals surface area contributed by atoms with E-state index in [1.807, 2.05) is 0 Å². The van der Waals surface area contributed by atoms with E-state index in [4.69, 9.17) is 19.2 Å². The summed E-state index contributed by atoms with van der Waals surface area (Å²) in [5.41, 5.74) is 0. The first-order chi connectivity index (χ1) is 2.00. The van der Waals surface area contributed by atoms with Crippen molar-refractivity contribution in [1.82, 2.24) is 0 Å². The molecule has 0 saturated carbocycles. The summed E-state index contributed by atoms with van der Waals surface area (Å²) in [5.74, 6) is 0. The molecule has 0 bridgehead atoms. The summed E-state index contributed by atoms with van der Waals surface area (Å²) in [5, 5.41) is 0. The van der Waals surface area contributed by atoms with Gasteiger partial charge in [0.15, 0.2) is 0 Å². The predicted molar refractivity (Wildman–Crippen MR) is 7.61 cm³/mol. The molecular weight excluding hydrogens is 258 g/mol. The summed E-state index contributed by atoms with van der Waals surface area (Å²) >= 11 is 0. The maximum Gasteiger partial charge on any atom is 3.00 e. The van der Waals surface area contributed by atoms with Crippen molar-refractivity contribution in [2.75, 3.05) is 0 Å². The van der Waals surface area contributed by atoms with Crippen LogP contribution in [0.4, 0.5) is 0 Å². The fraction of sp³-hybridized carbons (Fsp3) is 0. The van der Waals surface area contributed by atoms with Gasteiger partial charge in [-0.2, -0.15) is 7.82 Å². The molecule has 40 valence electrons. The Labute approximate surface area is 121 Å². The normalized spacial score (nSPS) is 7.38. The fourth-order valence-electron chi connectivity index (χ4n) is 0. The number of phosphoric acid groups is 1. The minimum Gasteiger partial charge on any atom is -1.00 e. The van der Waals surface area contributed by atoms with E-state index >= 15 is 0 Å². The van der Waals surface area contributed by atoms with E-state index in [1.165, 1.54) is 0 Å². The monoisotopic (exact) mass is 258 g/mol. The molecule has 0 aromatic heterocycles. The molecular formula is ClKO4PY. The minimum absolute atomic E-state index is 0. The van der Waals surface area contributed by atoms with Crippen LogP contribution in [0.3, 0.4) is 0 Å². The van der Waals surface area contributed by atoms with Crippen LogP contribution in [-0.2, 0) is 37.3 Å². The maximum atomic E-state index is 8.55. The molecule has 0 radical (unpaired) electrons. The molecule has 0 amide bonds. The Balaban J connectivity index is -0.0000000267. The summed E-state index contributed by atoms with van der Waals surface area (Å²) in [4.78, 5) is 25.6. The van der Waals surface area contributed by atoms with Crippen LogP contribution in [0.25, 0.3) is 0 Å². The molecule has 0 aromatic rings. The molecule has 0 aliphatic carbocycles. The van der Waals surface area contributed by atoms with Crippen LogP contribution < -0.4 is 78.5 Å². The van der Waals surface area contributed by atoms with Crippen LogP contribution in [0.5, 0.6) is 0 Å². The van der Waals surface area contributed by atoms with Crippen LogP contribution in [0.15, 0.2) is 0 Å². The first-order valence-corrected chi connectivity index (χ1v) is 2.19. The van der Waals surface area contributed by atoms with Gasteiger partial charge in [-0.25, -0.2) is 0 Å². The van der Waals surface area contributed by atoms with Gasteiger partial charge in [0.2, 0.25) is 0 Å². The molecule has 8 heteroatoms. The summed E-state index contributed by atoms with van der Waals surface area (Å²) in [6, 6.07) is 0. The quantitative estimate of drug-likeness (QED) is 0.319. The minimum atomic E-state index is -5.39. The van der Waals surface area contributed by atoms with E-state index in [9.17, 15) is 0 Å². The molecule has 8 heavy (non-hydrogen) atoms. The topological polar surface area (TPSA) is 86.2 Å². The Kier molecular flexibility index (Phi) is 28.5. The summed E-state index contributed by atoms with van der Waals surface area (Å²) in [7, 11) is -5.39. The zero-order valence-electron chi connectivity index (χ0n) is 4.04. The average molecular weight is 258 g/mol. The molecule has 0 rings (SSSR count). The second kappa shape index (κ2) is 10.1. The van der Waals surface area contributed by atoms with Crippen LogP contribution in [-0.4, -0.2) is 0 Å². The van der Waals surface area contributed by atoms with Gasteiger partial charge in [0, 0.05) is 0 Å². The first-order valence-electron chi connectivity index (χ1n) is 0.730. The van der Waals surface area contributed by atoms with Gasteiger partial charge in [-0.15, -0.1) is 0 Å². The van der Waals surface area contributed by atoms with Gasteiger partial charge in [-0.1, -0.05) is 0 Å². The number of rotatable bonds is 0. The smallest absolute Gasteiger partial charge is 1.00 e. The molecule has 0 aromatic carbocycles. The summed E-state index contributed by atoms with van der Waals surface area (Å²) < 4.78 is 8.55. The fourth-order valence-corrected chi connectivity index (χ4v) is 0. The molecule has 0 aliphatic rings. The Bertz CT molecular complexity index is 62.2. The second-order valence-corrected chi connectivity index (χ2v) is 1.34. The molecule has 0 fully saturated rings. The molecule has 0 aliphatic heterocycles. The van der Waals surface area contributed by atoms with E-state index < -0.39 is 7.82 Å². The van der Waals surface area contributed by atoms with Crippen molar-refractivity contribution in [1.29, 1.82) is 0 Å². The van der Waals surface area contributed by atoms with Crippen molar-refractivity contribution in [2.45, 2.75) is 0 Å². The zero-order valence-corrected chi connectivity index (χ0v) is 11.6. The van der Waals surface area contributed by atoms with Crippen molar-refractivity contribution in [3.63, 3.8) is 0 Å². The Morgan fingerprint density at radius 1 is 1.12 bits per heavy atom. The summed E-state index contributed by atoms with van der Waals surface area (Å²) in [6.07, 6.45) is 0. The van der Waals surface area contributed by atoms with Crippen molar-refractivity contribution >= 4 is 7.82 Å². The van der Waals surface area contributed by atoms with Gasteiger partial charge >= 0.3 is 84.1 Å². The van der Waals surface area contributed by atoms with Crippen LogP contribution in [0, 0.1) is 0 Å². The molecule has 0 spiro atoms. The van der Waals surface area contributed by atoms with Gasteiger partial charge in [0.05, 0.1) is 0 Å². The third kappa shape index (κ3) is 61.4. The van der Waals surface area contributed by atoms with Crippen molar-refractivity contribution in [3.8, 4) is 0 Å². The van der Waals surface area contributed by atoms with Crippen molar-refractivity contribution < 1.29 is 116 Å². The van der Waals surface area contributed by atoms with Crippen LogP contribution in [0.1, 0.15) is 0 Å². The molecule has 0 atom stereocenters. The maximum absolute atomic E-state index is 8.55. The SMILES string of the molecule is O=P([O-])([O-])[O-].[Cl-].[K+].[Y+3]. The average Bonchev–Trinajstić information content (AvgIpc) is 0.722.